The standard InChI is InChI=1S/C14H20FNO/c1-2-10-17-13-6-4-12(5-7-13)14(15)8-3-9-16-11-14/h4-7,16H,2-3,8-11H2,1H3. The molecule has 3 heteroatoms. The topological polar surface area (TPSA) is 21.3 Å². The summed E-state index contributed by atoms with van der Waals surface area (Å²) in [5.74, 6) is 0.822. The van der Waals surface area contributed by atoms with Gasteiger partial charge in [0.25, 0.3) is 0 Å². The molecule has 0 aliphatic carbocycles. The van der Waals surface area contributed by atoms with Gasteiger partial charge in [0.1, 0.15) is 11.4 Å². The summed E-state index contributed by atoms with van der Waals surface area (Å²) >= 11 is 0. The summed E-state index contributed by atoms with van der Waals surface area (Å²) in [5.41, 5.74) is -0.449. The summed E-state index contributed by atoms with van der Waals surface area (Å²) in [6, 6.07) is 7.41. The Balaban J connectivity index is 2.06. The molecular formula is C14H20FNO. The Hall–Kier alpha value is -1.09. The minimum atomic E-state index is -1.21. The molecule has 0 spiro atoms. The van der Waals surface area contributed by atoms with Crippen molar-refractivity contribution in [1.29, 1.82) is 0 Å². The number of hydrogen-bond donors (Lipinski definition) is 1. The Morgan fingerprint density at radius 1 is 1.35 bits per heavy atom. The van der Waals surface area contributed by atoms with Crippen LogP contribution >= 0.6 is 0 Å². The van der Waals surface area contributed by atoms with Crippen LogP contribution in [0.1, 0.15) is 31.7 Å². The van der Waals surface area contributed by atoms with E-state index in [0.717, 1.165) is 30.7 Å². The van der Waals surface area contributed by atoms with Crippen molar-refractivity contribution >= 4 is 0 Å². The number of alkyl halides is 1. The van der Waals surface area contributed by atoms with E-state index in [2.05, 4.69) is 12.2 Å². The van der Waals surface area contributed by atoms with E-state index in [9.17, 15) is 4.39 Å². The van der Waals surface area contributed by atoms with Crippen LogP contribution in [-0.2, 0) is 5.67 Å². The van der Waals surface area contributed by atoms with Crippen LogP contribution in [0.25, 0.3) is 0 Å². The number of ether oxygens (including phenoxy) is 1. The quantitative estimate of drug-likeness (QED) is 0.869. The molecule has 1 aromatic rings. The van der Waals surface area contributed by atoms with Gasteiger partial charge in [0.2, 0.25) is 0 Å². The summed E-state index contributed by atoms with van der Waals surface area (Å²) in [6.45, 7) is 4.12. The maximum absolute atomic E-state index is 14.6. The van der Waals surface area contributed by atoms with Crippen molar-refractivity contribution in [3.05, 3.63) is 29.8 Å². The van der Waals surface area contributed by atoms with Crippen LogP contribution in [0.5, 0.6) is 5.75 Å². The van der Waals surface area contributed by atoms with E-state index in [1.165, 1.54) is 0 Å². The van der Waals surface area contributed by atoms with Crippen LogP contribution in [-0.4, -0.2) is 19.7 Å². The van der Waals surface area contributed by atoms with Gasteiger partial charge in [0.15, 0.2) is 0 Å². The summed E-state index contributed by atoms with van der Waals surface area (Å²) < 4.78 is 20.1. The van der Waals surface area contributed by atoms with Crippen LogP contribution in [0.15, 0.2) is 24.3 Å². The molecular weight excluding hydrogens is 217 g/mol. The average Bonchev–Trinajstić information content (AvgIpc) is 2.38. The monoisotopic (exact) mass is 237 g/mol. The molecule has 2 rings (SSSR count). The fraction of sp³-hybridized carbons (Fsp3) is 0.571. The summed E-state index contributed by atoms with van der Waals surface area (Å²) in [7, 11) is 0. The van der Waals surface area contributed by atoms with Crippen molar-refractivity contribution < 1.29 is 9.13 Å². The Morgan fingerprint density at radius 2 is 2.12 bits per heavy atom. The molecule has 0 saturated carbocycles. The predicted octanol–water partition coefficient (Wildman–Crippen LogP) is 3.02. The molecule has 1 N–H and O–H groups in total. The second-order valence-electron chi connectivity index (χ2n) is 4.62. The van der Waals surface area contributed by atoms with E-state index < -0.39 is 5.67 Å². The van der Waals surface area contributed by atoms with Gasteiger partial charge in [0, 0.05) is 6.54 Å². The lowest BCUT2D eigenvalue weighted by Crippen LogP contribution is -2.40. The van der Waals surface area contributed by atoms with Crippen LogP contribution in [0.3, 0.4) is 0 Å². The minimum Gasteiger partial charge on any atom is -0.494 e. The second-order valence-corrected chi connectivity index (χ2v) is 4.62. The number of halogens is 1. The van der Waals surface area contributed by atoms with Crippen molar-refractivity contribution in [3.8, 4) is 5.75 Å². The number of nitrogens with one attached hydrogen (secondary N) is 1. The number of rotatable bonds is 4. The van der Waals surface area contributed by atoms with Gasteiger partial charge >= 0.3 is 0 Å². The molecule has 1 heterocycles. The van der Waals surface area contributed by atoms with Gasteiger partial charge in [-0.15, -0.1) is 0 Å². The second kappa shape index (κ2) is 5.50. The lowest BCUT2D eigenvalue weighted by atomic mass is 9.88. The third-order valence-corrected chi connectivity index (χ3v) is 3.18. The van der Waals surface area contributed by atoms with Gasteiger partial charge in [-0.25, -0.2) is 4.39 Å². The van der Waals surface area contributed by atoms with Crippen LogP contribution in [0.4, 0.5) is 4.39 Å². The Labute approximate surface area is 102 Å². The van der Waals surface area contributed by atoms with Gasteiger partial charge < -0.3 is 10.1 Å². The normalized spacial score (nSPS) is 24.6. The van der Waals surface area contributed by atoms with E-state index in [4.69, 9.17) is 4.74 Å². The molecule has 1 saturated heterocycles. The highest BCUT2D eigenvalue weighted by atomic mass is 19.1. The summed E-state index contributed by atoms with van der Waals surface area (Å²) in [4.78, 5) is 0. The van der Waals surface area contributed by atoms with Gasteiger partial charge in [-0.05, 0) is 43.5 Å². The Bertz CT molecular complexity index is 344. The predicted molar refractivity (Wildman–Crippen MR) is 67.1 cm³/mol. The van der Waals surface area contributed by atoms with E-state index in [-0.39, 0.29) is 0 Å². The first-order valence-corrected chi connectivity index (χ1v) is 6.37. The molecule has 1 aromatic carbocycles. The molecule has 2 nitrogen and oxygen atoms in total. The van der Waals surface area contributed by atoms with Crippen molar-refractivity contribution in [2.24, 2.45) is 0 Å². The largest absolute Gasteiger partial charge is 0.494 e. The minimum absolute atomic E-state index is 0.419. The fourth-order valence-corrected chi connectivity index (χ4v) is 2.18. The first kappa shape index (κ1) is 12.4. The van der Waals surface area contributed by atoms with Crippen molar-refractivity contribution in [2.75, 3.05) is 19.7 Å². The lowest BCUT2D eigenvalue weighted by molar-refractivity contribution is 0.122. The first-order chi connectivity index (χ1) is 8.24. The van der Waals surface area contributed by atoms with Crippen molar-refractivity contribution in [3.63, 3.8) is 0 Å². The van der Waals surface area contributed by atoms with Gasteiger partial charge in [-0.1, -0.05) is 19.1 Å². The van der Waals surface area contributed by atoms with Crippen LogP contribution < -0.4 is 10.1 Å². The third-order valence-electron chi connectivity index (χ3n) is 3.18. The van der Waals surface area contributed by atoms with Gasteiger partial charge in [-0.3, -0.25) is 0 Å². The molecule has 17 heavy (non-hydrogen) atoms. The zero-order chi connectivity index (χ0) is 12.1. The van der Waals surface area contributed by atoms with Gasteiger partial charge in [0.05, 0.1) is 6.61 Å². The van der Waals surface area contributed by atoms with E-state index >= 15 is 0 Å². The lowest BCUT2D eigenvalue weighted by Gasteiger charge is -2.30. The fourth-order valence-electron chi connectivity index (χ4n) is 2.18. The van der Waals surface area contributed by atoms with Crippen LogP contribution in [0, 0.1) is 0 Å². The molecule has 1 unspecified atom stereocenters. The Morgan fingerprint density at radius 3 is 2.71 bits per heavy atom. The number of benzene rings is 1. The highest BCUT2D eigenvalue weighted by molar-refractivity contribution is 5.31. The Kier molecular flexibility index (Phi) is 4.00. The third kappa shape index (κ3) is 2.97. The van der Waals surface area contributed by atoms with Crippen LogP contribution in [0.2, 0.25) is 0 Å². The number of piperidine rings is 1. The van der Waals surface area contributed by atoms with Gasteiger partial charge in [-0.2, -0.15) is 0 Å². The maximum atomic E-state index is 14.6. The van der Waals surface area contributed by atoms with E-state index in [1.54, 1.807) is 0 Å². The molecule has 0 bridgehead atoms. The average molecular weight is 237 g/mol. The smallest absolute Gasteiger partial charge is 0.148 e. The van der Waals surface area contributed by atoms with Crippen molar-refractivity contribution in [1.82, 2.24) is 5.32 Å². The maximum Gasteiger partial charge on any atom is 0.148 e. The zero-order valence-electron chi connectivity index (χ0n) is 10.3. The highest BCUT2D eigenvalue weighted by Gasteiger charge is 2.33. The highest BCUT2D eigenvalue weighted by Crippen LogP contribution is 2.33. The molecule has 94 valence electrons. The molecule has 0 amide bonds. The van der Waals surface area contributed by atoms with Crippen molar-refractivity contribution in [2.45, 2.75) is 31.9 Å². The summed E-state index contributed by atoms with van der Waals surface area (Å²) in [5, 5.41) is 3.12. The van der Waals surface area contributed by atoms with E-state index in [0.29, 0.717) is 19.6 Å². The molecule has 0 aromatic heterocycles. The molecule has 0 radical (unpaired) electrons. The molecule has 1 atom stereocenters. The van der Waals surface area contributed by atoms with E-state index in [1.807, 2.05) is 24.3 Å². The summed E-state index contributed by atoms with van der Waals surface area (Å²) in [6.07, 6.45) is 2.48. The molecule has 1 fully saturated rings. The SMILES string of the molecule is CCCOc1ccc(C2(F)CCCNC2)cc1. The zero-order valence-corrected chi connectivity index (χ0v) is 10.3. The first-order valence-electron chi connectivity index (χ1n) is 6.37. The molecule has 1 aliphatic rings. The number of hydrogen-bond acceptors (Lipinski definition) is 2. The molecule has 1 aliphatic heterocycles.